The lowest BCUT2D eigenvalue weighted by Gasteiger charge is -2.19. The molecule has 9 nitrogen and oxygen atoms in total. The van der Waals surface area contributed by atoms with Crippen molar-refractivity contribution in [3.8, 4) is 22.4 Å². The van der Waals surface area contributed by atoms with Crippen LogP contribution in [0.3, 0.4) is 0 Å². The summed E-state index contributed by atoms with van der Waals surface area (Å²) < 4.78 is 1.84. The fourth-order valence-electron chi connectivity index (χ4n) is 5.98. The first kappa shape index (κ1) is 30.3. The molecule has 240 valence electrons. The Kier molecular flexibility index (Phi) is 8.04. The number of nitrogens with zero attached hydrogens (tertiary/aromatic N) is 6. The highest BCUT2D eigenvalue weighted by Crippen LogP contribution is 2.32. The molecule has 0 saturated heterocycles. The van der Waals surface area contributed by atoms with Gasteiger partial charge in [-0.2, -0.15) is 0 Å². The Labute approximate surface area is 288 Å². The van der Waals surface area contributed by atoms with Crippen LogP contribution in [-0.2, 0) is 11.3 Å². The number of aromatic nitrogens is 3. The van der Waals surface area contributed by atoms with E-state index in [1.165, 1.54) is 0 Å². The van der Waals surface area contributed by atoms with E-state index in [-0.39, 0.29) is 11.7 Å². The summed E-state index contributed by atoms with van der Waals surface area (Å²) in [4.78, 5) is 29.7. The predicted molar refractivity (Wildman–Crippen MR) is 198 cm³/mol. The number of fused-ring (bicyclic) bond motifs is 1. The summed E-state index contributed by atoms with van der Waals surface area (Å²) in [5.74, 6) is 0.205. The Bertz CT molecular complexity index is 2440. The van der Waals surface area contributed by atoms with Crippen LogP contribution >= 0.6 is 0 Å². The van der Waals surface area contributed by atoms with Crippen LogP contribution in [0.4, 0.5) is 11.4 Å². The second-order valence-electron chi connectivity index (χ2n) is 11.7. The van der Waals surface area contributed by atoms with E-state index >= 15 is 0 Å². The quantitative estimate of drug-likeness (QED) is 0.166. The molecule has 50 heavy (non-hydrogen) atoms. The van der Waals surface area contributed by atoms with Crippen LogP contribution in [0.25, 0.3) is 33.4 Å². The number of hydrogen-bond donors (Lipinski definition) is 2. The molecule has 1 amide bonds. The highest BCUT2D eigenvalue weighted by molar-refractivity contribution is 6.55. The Morgan fingerprint density at radius 1 is 0.700 bits per heavy atom. The number of carbonyl (C=O) groups excluding carboxylic acids is 1. The topological polar surface area (TPSA) is 112 Å². The number of pyridine rings is 1. The molecule has 8 rings (SSSR count). The van der Waals surface area contributed by atoms with Gasteiger partial charge in [-0.05, 0) is 47.0 Å². The molecule has 0 fully saturated rings. The third kappa shape index (κ3) is 5.95. The van der Waals surface area contributed by atoms with E-state index in [9.17, 15) is 10.2 Å². The fraction of sp³-hybridized carbons (Fsp3) is 0.0244. The lowest BCUT2D eigenvalue weighted by Crippen LogP contribution is -2.34. The minimum Gasteiger partial charge on any atom is -0.312 e. The summed E-state index contributed by atoms with van der Waals surface area (Å²) in [5, 5.41) is 14.2. The predicted octanol–water partition coefficient (Wildman–Crippen LogP) is 7.51. The smallest absolute Gasteiger partial charge is 0.303 e. The number of para-hydroxylation sites is 1. The Balaban J connectivity index is 1.17. The molecule has 0 atom stereocenters. The number of anilines is 2. The molecule has 1 aliphatic heterocycles. The average molecular weight is 651 g/mol. The van der Waals surface area contributed by atoms with Crippen LogP contribution in [-0.4, -0.2) is 32.1 Å². The third-order valence-corrected chi connectivity index (χ3v) is 8.46. The first-order chi connectivity index (χ1) is 24.6. The van der Waals surface area contributed by atoms with Crippen molar-refractivity contribution >= 4 is 40.0 Å². The number of hydrazone groups is 1. The summed E-state index contributed by atoms with van der Waals surface area (Å²) in [6.07, 6.45) is 1.68. The highest BCUT2D eigenvalue weighted by Gasteiger charge is 2.34. The third-order valence-electron chi connectivity index (χ3n) is 8.46. The molecular formula is C41H30N8O. The zero-order valence-electron chi connectivity index (χ0n) is 26.8. The molecule has 2 N–H and O–H groups in total. The van der Waals surface area contributed by atoms with Gasteiger partial charge in [0.1, 0.15) is 11.3 Å². The number of nitrogens with one attached hydrogen (secondary N) is 2. The van der Waals surface area contributed by atoms with E-state index in [0.29, 0.717) is 40.3 Å². The molecule has 3 heterocycles. The van der Waals surface area contributed by atoms with Gasteiger partial charge in [0.2, 0.25) is 5.84 Å². The van der Waals surface area contributed by atoms with Gasteiger partial charge in [-0.1, -0.05) is 121 Å². The number of amides is 1. The Morgan fingerprint density at radius 2 is 1.32 bits per heavy atom. The van der Waals surface area contributed by atoms with Crippen LogP contribution in [0.1, 0.15) is 11.1 Å². The van der Waals surface area contributed by atoms with Crippen molar-refractivity contribution < 1.29 is 4.79 Å². The van der Waals surface area contributed by atoms with Gasteiger partial charge in [0.05, 0.1) is 35.3 Å². The summed E-state index contributed by atoms with van der Waals surface area (Å²) >= 11 is 0. The fourth-order valence-corrected chi connectivity index (χ4v) is 5.98. The Hall–Kier alpha value is -7.00. The largest absolute Gasteiger partial charge is 0.312 e. The lowest BCUT2D eigenvalue weighted by molar-refractivity contribution is -0.111. The first-order valence-electron chi connectivity index (χ1n) is 16.1. The van der Waals surface area contributed by atoms with Crippen LogP contribution in [0.2, 0.25) is 0 Å². The van der Waals surface area contributed by atoms with Crippen molar-refractivity contribution in [2.45, 2.75) is 6.54 Å². The van der Waals surface area contributed by atoms with Crippen LogP contribution in [0, 0.1) is 5.41 Å². The van der Waals surface area contributed by atoms with Gasteiger partial charge in [0.15, 0.2) is 5.65 Å². The molecule has 0 bridgehead atoms. The lowest BCUT2D eigenvalue weighted by atomic mass is 10.00. The molecule has 2 aromatic heterocycles. The van der Waals surface area contributed by atoms with Crippen molar-refractivity contribution in [3.63, 3.8) is 0 Å². The van der Waals surface area contributed by atoms with Crippen molar-refractivity contribution in [1.29, 1.82) is 5.41 Å². The van der Waals surface area contributed by atoms with Crippen LogP contribution < -0.4 is 15.8 Å². The van der Waals surface area contributed by atoms with Crippen molar-refractivity contribution in [1.82, 2.24) is 14.5 Å². The maximum absolute atomic E-state index is 13.8. The van der Waals surface area contributed by atoms with E-state index in [1.54, 1.807) is 11.2 Å². The van der Waals surface area contributed by atoms with Gasteiger partial charge in [0.25, 0.3) is 0 Å². The second-order valence-corrected chi connectivity index (χ2v) is 11.7. The van der Waals surface area contributed by atoms with Crippen molar-refractivity contribution in [3.05, 3.63) is 175 Å². The normalized spacial score (nSPS) is 13.5. The van der Waals surface area contributed by atoms with Crippen molar-refractivity contribution in [2.75, 3.05) is 10.3 Å². The molecule has 0 unspecified atom stereocenters. The second kappa shape index (κ2) is 13.2. The molecule has 0 aliphatic carbocycles. The van der Waals surface area contributed by atoms with Gasteiger partial charge < -0.3 is 4.57 Å². The molecule has 1 aliphatic rings. The summed E-state index contributed by atoms with van der Waals surface area (Å²) in [6.45, 7) is 0.526. The average Bonchev–Trinajstić information content (AvgIpc) is 3.51. The van der Waals surface area contributed by atoms with E-state index in [4.69, 9.17) is 9.97 Å². The number of aliphatic imine (C=N–C) groups is 1. The first-order valence-corrected chi connectivity index (χ1v) is 16.1. The van der Waals surface area contributed by atoms with E-state index in [1.807, 2.05) is 156 Å². The minimum absolute atomic E-state index is 0.0576. The van der Waals surface area contributed by atoms with E-state index < -0.39 is 0 Å². The standard InChI is InChI=1S/C41H30N8O/c42-37-36-34(29-15-7-2-8-16-29)25-35(44-38(36)43-27-48(37)26-28-13-5-1-6-14-28)30-21-23-33(24-22-30)49-40(31-17-9-3-10-18-31)45-39(41(49)50)47-46-32-19-11-4-12-20-32/h1-25,27,42,46H,26H2/b42-37?,47-39+. The molecular weight excluding hydrogens is 621 g/mol. The number of rotatable bonds is 8. The van der Waals surface area contributed by atoms with Gasteiger partial charge in [-0.25, -0.2) is 15.0 Å². The summed E-state index contributed by atoms with van der Waals surface area (Å²) in [7, 11) is 0. The number of amidine groups is 2. The van der Waals surface area contributed by atoms with E-state index in [0.717, 1.165) is 33.5 Å². The molecule has 5 aromatic carbocycles. The van der Waals surface area contributed by atoms with Gasteiger partial charge >= 0.3 is 5.91 Å². The highest BCUT2D eigenvalue weighted by atomic mass is 16.2. The van der Waals surface area contributed by atoms with Gasteiger partial charge in [-0.3, -0.25) is 20.5 Å². The zero-order chi connectivity index (χ0) is 33.9. The summed E-state index contributed by atoms with van der Waals surface area (Å²) in [5.41, 5.74) is 10.4. The molecule has 9 heteroatoms. The summed E-state index contributed by atoms with van der Waals surface area (Å²) in [6, 6.07) is 48.7. The molecule has 0 spiro atoms. The molecule has 7 aromatic rings. The van der Waals surface area contributed by atoms with Crippen molar-refractivity contribution in [2.24, 2.45) is 10.1 Å². The number of benzene rings is 5. The van der Waals surface area contributed by atoms with E-state index in [2.05, 4.69) is 15.5 Å². The van der Waals surface area contributed by atoms with Crippen LogP contribution in [0.5, 0.6) is 0 Å². The SMILES string of the molecule is N=c1c2c(-c3ccccc3)cc(-c3ccc(N4C(=O)/C(=N\Nc5ccccc5)N=C4c4ccccc4)cc3)nc2ncn1Cc1ccccc1. The number of carbonyl (C=O) groups is 1. The monoisotopic (exact) mass is 650 g/mol. The Morgan fingerprint density at radius 3 is 2.00 bits per heavy atom. The van der Waals surface area contributed by atoms with Crippen LogP contribution in [0.15, 0.2) is 168 Å². The molecule has 0 radical (unpaired) electrons. The van der Waals surface area contributed by atoms with Gasteiger partial charge in [0, 0.05) is 11.1 Å². The van der Waals surface area contributed by atoms with Gasteiger partial charge in [-0.15, -0.1) is 5.10 Å². The maximum Gasteiger partial charge on any atom is 0.303 e. The number of hydrogen-bond acceptors (Lipinski definition) is 6. The zero-order valence-corrected chi connectivity index (χ0v) is 26.8. The minimum atomic E-state index is -0.341. The molecule has 0 saturated carbocycles. The maximum atomic E-state index is 13.8.